The van der Waals surface area contributed by atoms with Crippen molar-refractivity contribution in [3.63, 3.8) is 0 Å². The molecular weight excluding hydrogens is 214 g/mol. The average molecular weight is 224 g/mol. The first-order chi connectivity index (χ1) is 7.15. The molecule has 0 aliphatic heterocycles. The van der Waals surface area contributed by atoms with E-state index in [9.17, 15) is 4.79 Å². The van der Waals surface area contributed by atoms with Crippen LogP contribution in [0.25, 0.3) is 0 Å². The van der Waals surface area contributed by atoms with Gasteiger partial charge in [0.25, 0.3) is 0 Å². The van der Waals surface area contributed by atoms with E-state index in [0.717, 1.165) is 0 Å². The second-order valence-electron chi connectivity index (χ2n) is 2.83. The Bertz CT molecular complexity index is 432. The van der Waals surface area contributed by atoms with E-state index < -0.39 is 5.97 Å². The molecule has 78 valence electrons. The molecule has 0 aromatic heterocycles. The number of carbonyl (C=O) groups is 1. The Hall–Kier alpha value is -1.50. The molecule has 0 fully saturated rings. The van der Waals surface area contributed by atoms with E-state index in [1.54, 1.807) is 13.1 Å². The molecule has 1 aromatic rings. The van der Waals surface area contributed by atoms with Crippen molar-refractivity contribution in [2.24, 2.45) is 0 Å². The molecule has 3 nitrogen and oxygen atoms in total. The molecule has 4 heteroatoms. The number of halogens is 1. The van der Waals surface area contributed by atoms with Crippen molar-refractivity contribution >= 4 is 17.6 Å². The molecule has 15 heavy (non-hydrogen) atoms. The van der Waals surface area contributed by atoms with Gasteiger partial charge >= 0.3 is 5.97 Å². The number of rotatable bonds is 2. The Morgan fingerprint density at radius 3 is 2.87 bits per heavy atom. The highest BCUT2D eigenvalue weighted by atomic mass is 35.5. The minimum absolute atomic E-state index is 0.166. The van der Waals surface area contributed by atoms with Crippen molar-refractivity contribution in [1.29, 1.82) is 0 Å². The second-order valence-corrected chi connectivity index (χ2v) is 3.24. The van der Waals surface area contributed by atoms with Crippen LogP contribution in [0.2, 0.25) is 5.02 Å². The second kappa shape index (κ2) is 5.40. The van der Waals surface area contributed by atoms with Gasteiger partial charge in [0.15, 0.2) is 0 Å². The summed E-state index contributed by atoms with van der Waals surface area (Å²) in [7, 11) is 1.80. The van der Waals surface area contributed by atoms with E-state index >= 15 is 0 Å². The third-order valence-corrected chi connectivity index (χ3v) is 2.02. The molecule has 2 N–H and O–H groups in total. The van der Waals surface area contributed by atoms with Gasteiger partial charge in [-0.15, -0.1) is 0 Å². The summed E-state index contributed by atoms with van der Waals surface area (Å²) in [5.74, 6) is 4.70. The minimum Gasteiger partial charge on any atom is -0.478 e. The summed E-state index contributed by atoms with van der Waals surface area (Å²) in [5, 5.41) is 11.9. The van der Waals surface area contributed by atoms with Gasteiger partial charge in [-0.1, -0.05) is 23.4 Å². The third-order valence-electron chi connectivity index (χ3n) is 1.70. The molecule has 0 unspecified atom stereocenters. The van der Waals surface area contributed by atoms with Crippen LogP contribution in [0.5, 0.6) is 0 Å². The molecule has 0 amide bonds. The molecule has 0 aliphatic rings. The molecule has 0 bridgehead atoms. The van der Waals surface area contributed by atoms with Gasteiger partial charge in [-0.05, 0) is 25.2 Å². The van der Waals surface area contributed by atoms with Crippen molar-refractivity contribution in [1.82, 2.24) is 5.32 Å². The zero-order chi connectivity index (χ0) is 11.3. The van der Waals surface area contributed by atoms with Gasteiger partial charge in [-0.25, -0.2) is 4.79 Å². The van der Waals surface area contributed by atoms with Crippen molar-refractivity contribution in [3.8, 4) is 11.8 Å². The van der Waals surface area contributed by atoms with E-state index in [4.69, 9.17) is 16.7 Å². The Kier molecular flexibility index (Phi) is 4.17. The fourth-order valence-electron chi connectivity index (χ4n) is 0.977. The highest BCUT2D eigenvalue weighted by Gasteiger charge is 2.04. The summed E-state index contributed by atoms with van der Waals surface area (Å²) >= 11 is 5.87. The first-order valence-electron chi connectivity index (χ1n) is 4.31. The monoisotopic (exact) mass is 223 g/mol. The van der Waals surface area contributed by atoms with Crippen molar-refractivity contribution in [3.05, 3.63) is 34.3 Å². The molecule has 0 heterocycles. The molecule has 0 atom stereocenters. The predicted molar refractivity (Wildman–Crippen MR) is 59.2 cm³/mol. The van der Waals surface area contributed by atoms with Gasteiger partial charge in [0, 0.05) is 5.56 Å². The van der Waals surface area contributed by atoms with Crippen molar-refractivity contribution in [2.45, 2.75) is 0 Å². The first-order valence-corrected chi connectivity index (χ1v) is 4.69. The van der Waals surface area contributed by atoms with Gasteiger partial charge in [0.05, 0.1) is 17.1 Å². The van der Waals surface area contributed by atoms with Crippen LogP contribution in [0.1, 0.15) is 15.9 Å². The lowest BCUT2D eigenvalue weighted by Gasteiger charge is -1.98. The highest BCUT2D eigenvalue weighted by molar-refractivity contribution is 6.32. The van der Waals surface area contributed by atoms with E-state index in [0.29, 0.717) is 17.1 Å². The maximum atomic E-state index is 10.6. The third kappa shape index (κ3) is 3.28. The molecule has 1 aromatic carbocycles. The van der Waals surface area contributed by atoms with E-state index in [1.165, 1.54) is 12.1 Å². The maximum Gasteiger partial charge on any atom is 0.335 e. The number of nitrogens with one attached hydrogen (secondary N) is 1. The summed E-state index contributed by atoms with van der Waals surface area (Å²) in [6.07, 6.45) is 0. The molecule has 0 saturated carbocycles. The number of carboxylic acid groups (broad SMARTS) is 1. The summed E-state index contributed by atoms with van der Waals surface area (Å²) in [6, 6.07) is 4.49. The van der Waals surface area contributed by atoms with Crippen LogP contribution in [0.4, 0.5) is 0 Å². The largest absolute Gasteiger partial charge is 0.478 e. The quantitative estimate of drug-likeness (QED) is 0.749. The normalized spacial score (nSPS) is 9.20. The van der Waals surface area contributed by atoms with Crippen LogP contribution in [0, 0.1) is 11.8 Å². The lowest BCUT2D eigenvalue weighted by molar-refractivity contribution is 0.0697. The fourth-order valence-corrected chi connectivity index (χ4v) is 1.21. The Labute approximate surface area is 93.1 Å². The predicted octanol–water partition coefficient (Wildman–Crippen LogP) is 1.61. The summed E-state index contributed by atoms with van der Waals surface area (Å²) < 4.78 is 0. The summed E-state index contributed by atoms with van der Waals surface area (Å²) in [5.41, 5.74) is 0.802. The minimum atomic E-state index is -0.994. The van der Waals surface area contributed by atoms with E-state index in [2.05, 4.69) is 17.2 Å². The molecule has 0 aliphatic carbocycles. The number of carboxylic acids is 1. The standard InChI is InChI=1S/C11H10ClNO2/c1-13-6-2-3-8-4-5-9(11(14)15)7-10(8)12/h4-5,7,13H,6H2,1H3,(H,14,15). The number of hydrogen-bond acceptors (Lipinski definition) is 2. The molecule has 1 rings (SSSR count). The number of aromatic carboxylic acids is 1. The SMILES string of the molecule is CNCC#Cc1ccc(C(=O)O)cc1Cl. The smallest absolute Gasteiger partial charge is 0.335 e. The first kappa shape index (κ1) is 11.6. The molecular formula is C11H10ClNO2. The van der Waals surface area contributed by atoms with Crippen LogP contribution < -0.4 is 5.32 Å². The Morgan fingerprint density at radius 1 is 1.60 bits per heavy atom. The highest BCUT2D eigenvalue weighted by Crippen LogP contribution is 2.16. The molecule has 0 saturated heterocycles. The van der Waals surface area contributed by atoms with Crippen molar-refractivity contribution < 1.29 is 9.90 Å². The average Bonchev–Trinajstić information content (AvgIpc) is 2.20. The Morgan fingerprint density at radius 2 is 2.33 bits per heavy atom. The van der Waals surface area contributed by atoms with E-state index in [-0.39, 0.29) is 5.56 Å². The van der Waals surface area contributed by atoms with Crippen LogP contribution in [0.3, 0.4) is 0 Å². The number of benzene rings is 1. The van der Waals surface area contributed by atoms with Gasteiger partial charge in [-0.2, -0.15) is 0 Å². The lowest BCUT2D eigenvalue weighted by atomic mass is 10.1. The van der Waals surface area contributed by atoms with Crippen LogP contribution in [-0.4, -0.2) is 24.7 Å². The summed E-state index contributed by atoms with van der Waals surface area (Å²) in [6.45, 7) is 0.566. The molecule has 0 radical (unpaired) electrons. The maximum absolute atomic E-state index is 10.6. The van der Waals surface area contributed by atoms with E-state index in [1.807, 2.05) is 0 Å². The van der Waals surface area contributed by atoms with Crippen LogP contribution in [-0.2, 0) is 0 Å². The van der Waals surface area contributed by atoms with Gasteiger partial charge < -0.3 is 10.4 Å². The fraction of sp³-hybridized carbons (Fsp3) is 0.182. The summed E-state index contributed by atoms with van der Waals surface area (Å²) in [4.78, 5) is 10.6. The topological polar surface area (TPSA) is 49.3 Å². The van der Waals surface area contributed by atoms with Gasteiger partial charge in [0.2, 0.25) is 0 Å². The van der Waals surface area contributed by atoms with Gasteiger partial charge in [-0.3, -0.25) is 0 Å². The van der Waals surface area contributed by atoms with Crippen LogP contribution in [0.15, 0.2) is 18.2 Å². The lowest BCUT2D eigenvalue weighted by Crippen LogP contribution is -2.04. The zero-order valence-electron chi connectivity index (χ0n) is 8.17. The van der Waals surface area contributed by atoms with Crippen LogP contribution >= 0.6 is 11.6 Å². The Balaban J connectivity index is 2.95. The molecule has 0 spiro atoms. The number of hydrogen-bond donors (Lipinski definition) is 2. The van der Waals surface area contributed by atoms with Crippen molar-refractivity contribution in [2.75, 3.05) is 13.6 Å². The van der Waals surface area contributed by atoms with Gasteiger partial charge in [0.1, 0.15) is 0 Å². The zero-order valence-corrected chi connectivity index (χ0v) is 8.93.